The summed E-state index contributed by atoms with van der Waals surface area (Å²) in [5.41, 5.74) is 0.986. The number of anilines is 4. The van der Waals surface area contributed by atoms with Crippen molar-refractivity contribution in [1.29, 1.82) is 0 Å². The molecule has 0 saturated heterocycles. The molecule has 134 valence electrons. The van der Waals surface area contributed by atoms with Gasteiger partial charge in [-0.2, -0.15) is 4.98 Å². The average molecular weight is 359 g/mol. The van der Waals surface area contributed by atoms with Gasteiger partial charge < -0.3 is 20.1 Å². The molecule has 0 radical (unpaired) electrons. The maximum atomic E-state index is 13.3. The fraction of sp³-hybridized carbons (Fsp3) is 0.118. The van der Waals surface area contributed by atoms with E-state index in [1.807, 2.05) is 0 Å². The van der Waals surface area contributed by atoms with Gasteiger partial charge in [0.15, 0.2) is 23.1 Å². The Bertz CT molecular complexity index is 923. The molecular formula is C17H15F2N5O2. The maximum Gasteiger partial charge on any atom is 0.232 e. The quantitative estimate of drug-likeness (QED) is 0.695. The molecule has 0 amide bonds. The van der Waals surface area contributed by atoms with Crippen LogP contribution in [0.15, 0.2) is 42.7 Å². The molecule has 1 aromatic heterocycles. The van der Waals surface area contributed by atoms with Crippen LogP contribution in [-0.4, -0.2) is 29.2 Å². The lowest BCUT2D eigenvalue weighted by molar-refractivity contribution is 0.355. The number of nitrogens with one attached hydrogen (secondary N) is 2. The largest absolute Gasteiger partial charge is 0.493 e. The molecule has 2 aromatic carbocycles. The van der Waals surface area contributed by atoms with Gasteiger partial charge in [0.2, 0.25) is 11.9 Å². The van der Waals surface area contributed by atoms with Crippen molar-refractivity contribution >= 4 is 23.3 Å². The van der Waals surface area contributed by atoms with Gasteiger partial charge in [-0.05, 0) is 24.3 Å². The zero-order valence-corrected chi connectivity index (χ0v) is 14.0. The van der Waals surface area contributed by atoms with Gasteiger partial charge in [0.1, 0.15) is 6.33 Å². The smallest absolute Gasteiger partial charge is 0.232 e. The van der Waals surface area contributed by atoms with E-state index in [9.17, 15) is 8.78 Å². The zero-order chi connectivity index (χ0) is 18.5. The number of benzene rings is 2. The number of nitrogens with zero attached hydrogens (tertiary/aromatic N) is 3. The summed E-state index contributed by atoms with van der Waals surface area (Å²) in [5, 5.41) is 5.79. The van der Waals surface area contributed by atoms with Crippen molar-refractivity contribution in [2.75, 3.05) is 24.9 Å². The number of ether oxygens (including phenoxy) is 2. The number of methoxy groups -OCH3 is 2. The molecule has 1 heterocycles. The standard InChI is InChI=1S/C17H15F2N5O2/c1-25-14-6-4-11(8-15(14)26-2)23-17-21-9-20-16(24-17)22-10-3-5-12(18)13(19)7-10/h3-9H,1-2H3,(H2,20,21,22,23,24). The van der Waals surface area contributed by atoms with Gasteiger partial charge in [-0.1, -0.05) is 0 Å². The molecular weight excluding hydrogens is 344 g/mol. The molecule has 9 heteroatoms. The zero-order valence-electron chi connectivity index (χ0n) is 14.0. The van der Waals surface area contributed by atoms with Crippen LogP contribution < -0.4 is 20.1 Å². The number of hydrogen-bond acceptors (Lipinski definition) is 7. The summed E-state index contributed by atoms with van der Waals surface area (Å²) in [4.78, 5) is 12.2. The van der Waals surface area contributed by atoms with Crippen molar-refractivity contribution in [3.8, 4) is 11.5 Å². The van der Waals surface area contributed by atoms with Gasteiger partial charge >= 0.3 is 0 Å². The minimum Gasteiger partial charge on any atom is -0.493 e. The molecule has 3 rings (SSSR count). The Balaban J connectivity index is 1.78. The minimum atomic E-state index is -0.965. The molecule has 2 N–H and O–H groups in total. The summed E-state index contributed by atoms with van der Waals surface area (Å²) in [6.07, 6.45) is 1.29. The number of halogens is 2. The molecule has 0 atom stereocenters. The van der Waals surface area contributed by atoms with Crippen LogP contribution in [-0.2, 0) is 0 Å². The molecule has 0 spiro atoms. The average Bonchev–Trinajstić information content (AvgIpc) is 2.65. The highest BCUT2D eigenvalue weighted by Gasteiger charge is 2.08. The first-order valence-corrected chi connectivity index (χ1v) is 7.49. The molecule has 0 saturated carbocycles. The molecule has 0 aliphatic carbocycles. The first kappa shape index (κ1) is 17.3. The van der Waals surface area contributed by atoms with Crippen LogP contribution in [0, 0.1) is 11.6 Å². The second kappa shape index (κ2) is 7.60. The van der Waals surface area contributed by atoms with Crippen LogP contribution in [0.4, 0.5) is 32.1 Å². The highest BCUT2D eigenvalue weighted by Crippen LogP contribution is 2.30. The van der Waals surface area contributed by atoms with Crippen LogP contribution in [0.1, 0.15) is 0 Å². The van der Waals surface area contributed by atoms with E-state index in [-0.39, 0.29) is 11.9 Å². The van der Waals surface area contributed by atoms with Gasteiger partial charge in [-0.3, -0.25) is 0 Å². The van der Waals surface area contributed by atoms with Gasteiger partial charge in [0.05, 0.1) is 14.2 Å². The van der Waals surface area contributed by atoms with Crippen LogP contribution in [0.2, 0.25) is 0 Å². The van der Waals surface area contributed by atoms with Gasteiger partial charge in [0, 0.05) is 23.5 Å². The van der Waals surface area contributed by atoms with E-state index in [0.29, 0.717) is 22.9 Å². The Kier molecular flexibility index (Phi) is 5.07. The topological polar surface area (TPSA) is 81.2 Å². The third kappa shape index (κ3) is 3.94. The highest BCUT2D eigenvalue weighted by atomic mass is 19.2. The third-order valence-electron chi connectivity index (χ3n) is 3.39. The van der Waals surface area contributed by atoms with E-state index in [1.165, 1.54) is 19.5 Å². The molecule has 0 aliphatic heterocycles. The van der Waals surface area contributed by atoms with Crippen LogP contribution in [0.5, 0.6) is 11.5 Å². The predicted molar refractivity (Wildman–Crippen MR) is 92.3 cm³/mol. The van der Waals surface area contributed by atoms with Crippen LogP contribution >= 0.6 is 0 Å². The van der Waals surface area contributed by atoms with E-state index in [4.69, 9.17) is 9.47 Å². The Morgan fingerprint density at radius 1 is 0.769 bits per heavy atom. The molecule has 0 unspecified atom stereocenters. The monoisotopic (exact) mass is 359 g/mol. The molecule has 0 bridgehead atoms. The Morgan fingerprint density at radius 2 is 1.38 bits per heavy atom. The third-order valence-corrected chi connectivity index (χ3v) is 3.39. The summed E-state index contributed by atoms with van der Waals surface area (Å²) in [6, 6.07) is 8.65. The van der Waals surface area contributed by atoms with Gasteiger partial charge in [0.25, 0.3) is 0 Å². The fourth-order valence-corrected chi connectivity index (χ4v) is 2.16. The molecule has 3 aromatic rings. The van der Waals surface area contributed by atoms with Crippen molar-refractivity contribution in [3.05, 3.63) is 54.4 Å². The van der Waals surface area contributed by atoms with Crippen LogP contribution in [0.25, 0.3) is 0 Å². The maximum absolute atomic E-state index is 13.3. The van der Waals surface area contributed by atoms with E-state index >= 15 is 0 Å². The van der Waals surface area contributed by atoms with Crippen LogP contribution in [0.3, 0.4) is 0 Å². The predicted octanol–water partition coefficient (Wildman–Crippen LogP) is 3.65. The van der Waals surface area contributed by atoms with E-state index in [1.54, 1.807) is 25.3 Å². The van der Waals surface area contributed by atoms with Crippen molar-refractivity contribution < 1.29 is 18.3 Å². The normalized spacial score (nSPS) is 10.3. The second-order valence-corrected chi connectivity index (χ2v) is 5.08. The first-order chi connectivity index (χ1) is 12.6. The summed E-state index contributed by atoms with van der Waals surface area (Å²) in [6.45, 7) is 0. The fourth-order valence-electron chi connectivity index (χ4n) is 2.16. The SMILES string of the molecule is COc1ccc(Nc2ncnc(Nc3ccc(F)c(F)c3)n2)cc1OC. The first-order valence-electron chi connectivity index (χ1n) is 7.49. The lowest BCUT2D eigenvalue weighted by Gasteiger charge is -2.11. The molecule has 0 aliphatic rings. The Labute approximate surface area is 148 Å². The van der Waals surface area contributed by atoms with Gasteiger partial charge in [-0.15, -0.1) is 0 Å². The molecule has 0 fully saturated rings. The van der Waals surface area contributed by atoms with Crippen molar-refractivity contribution in [2.45, 2.75) is 0 Å². The number of hydrogen-bond donors (Lipinski definition) is 2. The Morgan fingerprint density at radius 3 is 2.00 bits per heavy atom. The minimum absolute atomic E-state index is 0.175. The van der Waals surface area contributed by atoms with Crippen molar-refractivity contribution in [3.63, 3.8) is 0 Å². The lowest BCUT2D eigenvalue weighted by atomic mass is 10.3. The number of aromatic nitrogens is 3. The highest BCUT2D eigenvalue weighted by molar-refractivity contribution is 5.61. The van der Waals surface area contributed by atoms with Gasteiger partial charge in [-0.25, -0.2) is 18.7 Å². The summed E-state index contributed by atoms with van der Waals surface area (Å²) < 4.78 is 36.7. The van der Waals surface area contributed by atoms with Crippen molar-refractivity contribution in [2.24, 2.45) is 0 Å². The summed E-state index contributed by atoms with van der Waals surface area (Å²) in [5.74, 6) is -0.317. The van der Waals surface area contributed by atoms with E-state index in [0.717, 1.165) is 12.1 Å². The number of rotatable bonds is 6. The molecule has 26 heavy (non-hydrogen) atoms. The van der Waals surface area contributed by atoms with E-state index in [2.05, 4.69) is 25.6 Å². The molecule has 7 nitrogen and oxygen atoms in total. The summed E-state index contributed by atoms with van der Waals surface area (Å²) >= 11 is 0. The van der Waals surface area contributed by atoms with Crippen molar-refractivity contribution in [1.82, 2.24) is 15.0 Å². The summed E-state index contributed by atoms with van der Waals surface area (Å²) in [7, 11) is 3.08. The lowest BCUT2D eigenvalue weighted by Crippen LogP contribution is -2.03. The second-order valence-electron chi connectivity index (χ2n) is 5.08. The Hall–Kier alpha value is -3.49. The van der Waals surface area contributed by atoms with E-state index < -0.39 is 11.6 Å².